The zero-order chi connectivity index (χ0) is 25.0. The first-order valence-electron chi connectivity index (χ1n) is 11.3. The fourth-order valence-electron chi connectivity index (χ4n) is 4.81. The highest BCUT2D eigenvalue weighted by atomic mass is 19.4. The van der Waals surface area contributed by atoms with Crippen molar-refractivity contribution in [1.29, 1.82) is 0 Å². The van der Waals surface area contributed by atoms with Gasteiger partial charge in [0.25, 0.3) is 5.91 Å². The number of halogens is 3. The minimum Gasteiger partial charge on any atom is -0.492 e. The van der Waals surface area contributed by atoms with Crippen molar-refractivity contribution in [3.63, 3.8) is 0 Å². The van der Waals surface area contributed by atoms with Crippen molar-refractivity contribution in [1.82, 2.24) is 19.7 Å². The second-order valence-electron chi connectivity index (χ2n) is 8.77. The maximum absolute atomic E-state index is 13.6. The summed E-state index contributed by atoms with van der Waals surface area (Å²) >= 11 is 0. The quantitative estimate of drug-likeness (QED) is 0.537. The largest absolute Gasteiger partial charge is 0.492 e. The molecule has 1 spiro atoms. The van der Waals surface area contributed by atoms with Gasteiger partial charge in [-0.05, 0) is 38.5 Å². The lowest BCUT2D eigenvalue weighted by Gasteiger charge is -2.32. The first-order valence-corrected chi connectivity index (χ1v) is 11.3. The van der Waals surface area contributed by atoms with Crippen LogP contribution in [0.2, 0.25) is 0 Å². The van der Waals surface area contributed by atoms with Gasteiger partial charge < -0.3 is 9.47 Å². The van der Waals surface area contributed by atoms with Gasteiger partial charge >= 0.3 is 6.18 Å². The second-order valence-corrected chi connectivity index (χ2v) is 8.77. The van der Waals surface area contributed by atoms with Crippen LogP contribution in [0.15, 0.2) is 30.7 Å². The molecule has 5 heterocycles. The van der Waals surface area contributed by atoms with Crippen LogP contribution in [0.1, 0.15) is 40.7 Å². The minimum absolute atomic E-state index is 0.183. The number of ether oxygens (including phenoxy) is 2. The van der Waals surface area contributed by atoms with Gasteiger partial charge in [0.05, 0.1) is 47.7 Å². The number of nitrogens with zero attached hydrogens (tertiary/aromatic N) is 5. The molecule has 0 aliphatic carbocycles. The molecule has 0 aromatic carbocycles. The maximum Gasteiger partial charge on any atom is 0.408 e. The predicted octanol–water partition coefficient (Wildman–Crippen LogP) is 4.19. The van der Waals surface area contributed by atoms with E-state index in [0.29, 0.717) is 47.9 Å². The fourth-order valence-corrected chi connectivity index (χ4v) is 4.81. The summed E-state index contributed by atoms with van der Waals surface area (Å²) in [5, 5.41) is 3.84. The number of hydrogen-bond acceptors (Lipinski definition) is 6. The number of fused-ring (bicyclic) bond motifs is 2. The molecule has 3 aromatic heterocycles. The van der Waals surface area contributed by atoms with Crippen LogP contribution in [-0.4, -0.2) is 51.7 Å². The molecule has 1 saturated heterocycles. The lowest BCUT2D eigenvalue weighted by Crippen LogP contribution is -2.45. The Labute approximate surface area is 199 Å². The van der Waals surface area contributed by atoms with E-state index < -0.39 is 18.3 Å². The Balaban J connectivity index is 1.61. The van der Waals surface area contributed by atoms with Gasteiger partial charge in [0.1, 0.15) is 17.8 Å². The Morgan fingerprint density at radius 2 is 2.03 bits per heavy atom. The van der Waals surface area contributed by atoms with Crippen LogP contribution in [0.5, 0.6) is 5.75 Å². The minimum atomic E-state index is -4.43. The SMILES string of the molecule is CCOc1cc(-c2cc(C)c3c(n2)C2(CCOC2)N(c2cnn(CC(F)(F)F)c2)C3=O)cnc1C. The van der Waals surface area contributed by atoms with E-state index in [4.69, 9.17) is 14.5 Å². The van der Waals surface area contributed by atoms with Crippen LogP contribution < -0.4 is 9.64 Å². The summed E-state index contributed by atoms with van der Waals surface area (Å²) in [6, 6.07) is 3.69. The molecule has 0 radical (unpaired) electrons. The number of aromatic nitrogens is 4. The lowest BCUT2D eigenvalue weighted by atomic mass is 9.91. The molecular weight excluding hydrogens is 463 g/mol. The Kier molecular flexibility index (Phi) is 5.54. The molecule has 8 nitrogen and oxygen atoms in total. The third-order valence-corrected chi connectivity index (χ3v) is 6.36. The normalized spacial score (nSPS) is 19.6. The number of aryl methyl sites for hydroxylation is 2. The Hall–Kier alpha value is -3.47. The summed E-state index contributed by atoms with van der Waals surface area (Å²) < 4.78 is 50.8. The summed E-state index contributed by atoms with van der Waals surface area (Å²) in [6.45, 7) is 5.41. The molecule has 0 saturated carbocycles. The average molecular weight is 487 g/mol. The van der Waals surface area contributed by atoms with E-state index in [-0.39, 0.29) is 18.2 Å². The van der Waals surface area contributed by atoms with Crippen LogP contribution in [0.25, 0.3) is 11.3 Å². The summed E-state index contributed by atoms with van der Waals surface area (Å²) in [5.41, 5.74) is 3.17. The number of amides is 1. The molecule has 0 N–H and O–H groups in total. The first-order chi connectivity index (χ1) is 16.6. The van der Waals surface area contributed by atoms with E-state index in [1.54, 1.807) is 6.20 Å². The van der Waals surface area contributed by atoms with Crippen LogP contribution in [-0.2, 0) is 16.8 Å². The molecule has 1 unspecified atom stereocenters. The number of carbonyl (C=O) groups is 1. The Bertz CT molecular complexity index is 1300. The van der Waals surface area contributed by atoms with Gasteiger partial charge in [-0.25, -0.2) is 4.98 Å². The number of carbonyl (C=O) groups excluding carboxylic acids is 1. The van der Waals surface area contributed by atoms with E-state index in [0.717, 1.165) is 15.9 Å². The van der Waals surface area contributed by atoms with Gasteiger partial charge in [-0.3, -0.25) is 19.4 Å². The molecule has 184 valence electrons. The van der Waals surface area contributed by atoms with Gasteiger partial charge in [-0.1, -0.05) is 0 Å². The summed E-state index contributed by atoms with van der Waals surface area (Å²) in [5.74, 6) is 0.323. The van der Waals surface area contributed by atoms with E-state index in [1.165, 1.54) is 17.3 Å². The van der Waals surface area contributed by atoms with E-state index in [2.05, 4.69) is 10.1 Å². The predicted molar refractivity (Wildman–Crippen MR) is 120 cm³/mol. The highest BCUT2D eigenvalue weighted by Crippen LogP contribution is 2.48. The average Bonchev–Trinajstić information content (AvgIpc) is 3.49. The number of alkyl halides is 3. The highest BCUT2D eigenvalue weighted by Gasteiger charge is 2.55. The third-order valence-electron chi connectivity index (χ3n) is 6.36. The number of rotatable bonds is 5. The van der Waals surface area contributed by atoms with Gasteiger partial charge in [0, 0.05) is 31.0 Å². The lowest BCUT2D eigenvalue weighted by molar-refractivity contribution is -0.142. The second kappa shape index (κ2) is 8.33. The third kappa shape index (κ3) is 3.93. The van der Waals surface area contributed by atoms with Crippen molar-refractivity contribution < 1.29 is 27.4 Å². The van der Waals surface area contributed by atoms with Crippen molar-refractivity contribution >= 4 is 11.6 Å². The molecule has 1 fully saturated rings. The van der Waals surface area contributed by atoms with Crippen molar-refractivity contribution in [3.8, 4) is 17.0 Å². The number of pyridine rings is 2. The molecule has 1 atom stereocenters. The Morgan fingerprint density at radius 3 is 2.71 bits per heavy atom. The van der Waals surface area contributed by atoms with Crippen LogP contribution >= 0.6 is 0 Å². The number of anilines is 1. The molecule has 5 rings (SSSR count). The molecule has 35 heavy (non-hydrogen) atoms. The van der Waals surface area contributed by atoms with Crippen molar-refractivity contribution in [2.45, 2.75) is 45.5 Å². The smallest absolute Gasteiger partial charge is 0.408 e. The topological polar surface area (TPSA) is 82.4 Å². The zero-order valence-corrected chi connectivity index (χ0v) is 19.5. The van der Waals surface area contributed by atoms with Crippen molar-refractivity contribution in [3.05, 3.63) is 53.2 Å². The van der Waals surface area contributed by atoms with Crippen molar-refractivity contribution in [2.24, 2.45) is 0 Å². The number of hydrogen-bond donors (Lipinski definition) is 0. The standard InChI is InChI=1S/C24H24F3N5O3/c1-4-35-19-8-16(9-28-15(19)3)18-7-14(2)20-21(30-18)23(5-6-34-13-23)32(22(20)33)17-10-29-31(11-17)12-24(25,26)27/h7-11H,4-6,12-13H2,1-3H3. The first kappa shape index (κ1) is 23.3. The van der Waals surface area contributed by atoms with Gasteiger partial charge in [0.15, 0.2) is 0 Å². The molecule has 1 amide bonds. The zero-order valence-electron chi connectivity index (χ0n) is 19.5. The molecule has 2 aliphatic rings. The van der Waals surface area contributed by atoms with E-state index in [9.17, 15) is 18.0 Å². The molecule has 3 aromatic rings. The molecule has 11 heteroatoms. The van der Waals surface area contributed by atoms with Gasteiger partial charge in [0.2, 0.25) is 0 Å². The molecule has 0 bridgehead atoms. The van der Waals surface area contributed by atoms with Gasteiger partial charge in [-0.2, -0.15) is 18.3 Å². The summed E-state index contributed by atoms with van der Waals surface area (Å²) in [4.78, 5) is 24.5. The highest BCUT2D eigenvalue weighted by molar-refractivity contribution is 6.12. The summed E-state index contributed by atoms with van der Waals surface area (Å²) in [6.07, 6.45) is 0.267. The fraction of sp³-hybridized carbons (Fsp3) is 0.417. The van der Waals surface area contributed by atoms with Crippen LogP contribution in [0, 0.1) is 13.8 Å². The summed E-state index contributed by atoms with van der Waals surface area (Å²) in [7, 11) is 0. The van der Waals surface area contributed by atoms with E-state index >= 15 is 0 Å². The van der Waals surface area contributed by atoms with Gasteiger partial charge in [-0.15, -0.1) is 0 Å². The maximum atomic E-state index is 13.6. The molecular formula is C24H24F3N5O3. The molecule has 2 aliphatic heterocycles. The Morgan fingerprint density at radius 1 is 1.23 bits per heavy atom. The van der Waals surface area contributed by atoms with Crippen molar-refractivity contribution in [2.75, 3.05) is 24.7 Å². The van der Waals surface area contributed by atoms with Crippen LogP contribution in [0.3, 0.4) is 0 Å². The monoisotopic (exact) mass is 487 g/mol. The van der Waals surface area contributed by atoms with E-state index in [1.807, 2.05) is 32.9 Å². The van der Waals surface area contributed by atoms with Crippen LogP contribution in [0.4, 0.5) is 18.9 Å².